The molecule has 0 aliphatic heterocycles. The van der Waals surface area contributed by atoms with Gasteiger partial charge in [0.1, 0.15) is 5.82 Å². The maximum Gasteiger partial charge on any atom is 0.307 e. The minimum atomic E-state index is -0.431. The highest BCUT2D eigenvalue weighted by Crippen LogP contribution is 2.21. The van der Waals surface area contributed by atoms with Gasteiger partial charge < -0.3 is 8.98 Å². The highest BCUT2D eigenvalue weighted by Gasteiger charge is 2.12. The molecule has 0 aliphatic rings. The van der Waals surface area contributed by atoms with Crippen LogP contribution in [-0.2, 0) is 0 Å². The first-order valence-electron chi connectivity index (χ1n) is 7.38. The van der Waals surface area contributed by atoms with Crippen molar-refractivity contribution in [3.05, 3.63) is 77.3 Å². The number of amides is 1. The Morgan fingerprint density at radius 1 is 1.25 bits per heavy atom. The van der Waals surface area contributed by atoms with E-state index in [1.807, 2.05) is 24.5 Å². The van der Waals surface area contributed by atoms with Gasteiger partial charge in [-0.2, -0.15) is 5.10 Å². The molecule has 122 valence electrons. The maximum absolute atomic E-state index is 14.0. The van der Waals surface area contributed by atoms with Crippen LogP contribution in [0.1, 0.15) is 27.5 Å². The van der Waals surface area contributed by atoms with Crippen molar-refractivity contribution in [2.75, 3.05) is 0 Å². The van der Waals surface area contributed by atoms with Crippen LogP contribution < -0.4 is 5.43 Å². The summed E-state index contributed by atoms with van der Waals surface area (Å²) < 4.78 is 20.8. The summed E-state index contributed by atoms with van der Waals surface area (Å²) >= 11 is 0. The Labute approximate surface area is 138 Å². The summed E-state index contributed by atoms with van der Waals surface area (Å²) in [6, 6.07) is 11.6. The number of nitrogens with zero attached hydrogens (tertiary/aromatic N) is 2. The summed E-state index contributed by atoms with van der Waals surface area (Å²) in [6.45, 7) is 3.76. The molecular weight excluding hydrogens is 309 g/mol. The minimum Gasteiger partial charge on any atom is -0.459 e. The number of aryl methyl sites for hydroxylation is 1. The SMILES string of the molecule is Cc1cc(/C=N\NC(=O)c2ccco2)c(C)n1-c1ccccc1F. The van der Waals surface area contributed by atoms with Crippen LogP contribution in [0.15, 0.2) is 58.2 Å². The van der Waals surface area contributed by atoms with Crippen LogP contribution in [0.2, 0.25) is 0 Å². The highest BCUT2D eigenvalue weighted by atomic mass is 19.1. The van der Waals surface area contributed by atoms with Gasteiger partial charge in [0.25, 0.3) is 0 Å². The molecular formula is C18H16FN3O2. The van der Waals surface area contributed by atoms with Crippen molar-refractivity contribution < 1.29 is 13.6 Å². The summed E-state index contributed by atoms with van der Waals surface area (Å²) in [5.41, 5.74) is 5.36. The molecule has 0 spiro atoms. The number of hydrogen-bond donors (Lipinski definition) is 1. The van der Waals surface area contributed by atoms with E-state index in [-0.39, 0.29) is 11.6 Å². The largest absolute Gasteiger partial charge is 0.459 e. The molecule has 1 aromatic carbocycles. The zero-order chi connectivity index (χ0) is 17.1. The number of hydrogen-bond acceptors (Lipinski definition) is 3. The molecule has 0 atom stereocenters. The second-order valence-corrected chi connectivity index (χ2v) is 5.29. The third-order valence-corrected chi connectivity index (χ3v) is 3.68. The van der Waals surface area contributed by atoms with E-state index in [4.69, 9.17) is 4.42 Å². The van der Waals surface area contributed by atoms with Crippen molar-refractivity contribution >= 4 is 12.1 Å². The second-order valence-electron chi connectivity index (χ2n) is 5.29. The van der Waals surface area contributed by atoms with Crippen LogP contribution in [0.25, 0.3) is 5.69 Å². The number of halogens is 1. The first-order valence-corrected chi connectivity index (χ1v) is 7.38. The van der Waals surface area contributed by atoms with Crippen LogP contribution in [0.3, 0.4) is 0 Å². The smallest absolute Gasteiger partial charge is 0.307 e. The average Bonchev–Trinajstić information content (AvgIpc) is 3.18. The predicted octanol–water partition coefficient (Wildman–Crippen LogP) is 3.59. The number of carbonyl (C=O) groups excluding carboxylic acids is 1. The number of aromatic nitrogens is 1. The third kappa shape index (κ3) is 2.99. The molecule has 1 N–H and O–H groups in total. The molecule has 6 heteroatoms. The Balaban J connectivity index is 1.83. The summed E-state index contributed by atoms with van der Waals surface area (Å²) in [6.07, 6.45) is 2.95. The summed E-state index contributed by atoms with van der Waals surface area (Å²) in [7, 11) is 0. The lowest BCUT2D eigenvalue weighted by molar-refractivity contribution is 0.0927. The molecule has 5 nitrogen and oxygen atoms in total. The topological polar surface area (TPSA) is 59.5 Å². The van der Waals surface area contributed by atoms with Crippen molar-refractivity contribution in [2.45, 2.75) is 13.8 Å². The molecule has 3 rings (SSSR count). The Hall–Kier alpha value is -3.15. The summed E-state index contributed by atoms with van der Waals surface area (Å²) in [5, 5.41) is 3.94. The molecule has 3 aromatic rings. The third-order valence-electron chi connectivity index (χ3n) is 3.68. The normalized spacial score (nSPS) is 11.1. The van der Waals surface area contributed by atoms with Crippen LogP contribution >= 0.6 is 0 Å². The van der Waals surface area contributed by atoms with Gasteiger partial charge >= 0.3 is 5.91 Å². The molecule has 0 bridgehead atoms. The van der Waals surface area contributed by atoms with E-state index >= 15 is 0 Å². The van der Waals surface area contributed by atoms with E-state index in [1.165, 1.54) is 18.5 Å². The average molecular weight is 325 g/mol. The van der Waals surface area contributed by atoms with E-state index in [0.29, 0.717) is 5.69 Å². The Morgan fingerprint density at radius 2 is 2.04 bits per heavy atom. The van der Waals surface area contributed by atoms with Crippen molar-refractivity contribution in [3.8, 4) is 5.69 Å². The van der Waals surface area contributed by atoms with E-state index in [2.05, 4.69) is 10.5 Å². The van der Waals surface area contributed by atoms with Gasteiger partial charge in [0, 0.05) is 17.0 Å². The quantitative estimate of drug-likeness (QED) is 0.588. The number of carbonyl (C=O) groups is 1. The molecule has 0 saturated heterocycles. The van der Waals surface area contributed by atoms with Crippen LogP contribution in [0.5, 0.6) is 0 Å². The Kier molecular flexibility index (Phi) is 4.29. The van der Waals surface area contributed by atoms with Crippen molar-refractivity contribution in [3.63, 3.8) is 0 Å². The molecule has 0 aliphatic carbocycles. The van der Waals surface area contributed by atoms with Gasteiger partial charge in [-0.1, -0.05) is 12.1 Å². The molecule has 2 aromatic heterocycles. The van der Waals surface area contributed by atoms with E-state index in [0.717, 1.165) is 17.0 Å². The van der Waals surface area contributed by atoms with Gasteiger partial charge in [-0.25, -0.2) is 9.82 Å². The van der Waals surface area contributed by atoms with Gasteiger partial charge in [0.15, 0.2) is 5.76 Å². The van der Waals surface area contributed by atoms with Crippen LogP contribution in [0.4, 0.5) is 4.39 Å². The maximum atomic E-state index is 14.0. The fourth-order valence-corrected chi connectivity index (χ4v) is 2.55. The van der Waals surface area contributed by atoms with Gasteiger partial charge in [-0.3, -0.25) is 4.79 Å². The van der Waals surface area contributed by atoms with Gasteiger partial charge in [-0.05, 0) is 44.2 Å². The van der Waals surface area contributed by atoms with Gasteiger partial charge in [0.05, 0.1) is 18.2 Å². The monoisotopic (exact) mass is 325 g/mol. The summed E-state index contributed by atoms with van der Waals surface area (Å²) in [4.78, 5) is 11.7. The number of rotatable bonds is 4. The lowest BCUT2D eigenvalue weighted by atomic mass is 10.2. The molecule has 24 heavy (non-hydrogen) atoms. The van der Waals surface area contributed by atoms with E-state index < -0.39 is 5.91 Å². The van der Waals surface area contributed by atoms with Gasteiger partial charge in [0.2, 0.25) is 0 Å². The molecule has 0 radical (unpaired) electrons. The number of para-hydroxylation sites is 1. The van der Waals surface area contributed by atoms with E-state index in [1.54, 1.807) is 30.3 Å². The molecule has 0 saturated carbocycles. The Bertz CT molecular complexity index is 895. The number of nitrogens with one attached hydrogen (secondary N) is 1. The second kappa shape index (κ2) is 6.54. The lowest BCUT2D eigenvalue weighted by Crippen LogP contribution is -2.16. The number of furan rings is 1. The van der Waals surface area contributed by atoms with Gasteiger partial charge in [-0.15, -0.1) is 0 Å². The molecule has 0 unspecified atom stereocenters. The summed E-state index contributed by atoms with van der Waals surface area (Å²) in [5.74, 6) is -0.544. The number of benzene rings is 1. The minimum absolute atomic E-state index is 0.184. The Morgan fingerprint density at radius 3 is 2.75 bits per heavy atom. The molecule has 2 heterocycles. The predicted molar refractivity (Wildman–Crippen MR) is 89.0 cm³/mol. The zero-order valence-electron chi connectivity index (χ0n) is 13.3. The fourth-order valence-electron chi connectivity index (χ4n) is 2.55. The van der Waals surface area contributed by atoms with Crippen LogP contribution in [-0.4, -0.2) is 16.7 Å². The van der Waals surface area contributed by atoms with Crippen molar-refractivity contribution in [1.82, 2.24) is 9.99 Å². The standard InChI is InChI=1S/C18H16FN3O2/c1-12-10-14(11-20-21-18(23)17-8-5-9-24-17)13(2)22(12)16-7-4-3-6-15(16)19/h3-11H,1-2H3,(H,21,23)/b20-11-. The van der Waals surface area contributed by atoms with Crippen molar-refractivity contribution in [1.29, 1.82) is 0 Å². The zero-order valence-corrected chi connectivity index (χ0v) is 13.3. The first-order chi connectivity index (χ1) is 11.6. The fraction of sp³-hybridized carbons (Fsp3) is 0.111. The van der Waals surface area contributed by atoms with Crippen molar-refractivity contribution in [2.24, 2.45) is 5.10 Å². The van der Waals surface area contributed by atoms with Crippen LogP contribution in [0, 0.1) is 19.7 Å². The highest BCUT2D eigenvalue weighted by molar-refractivity contribution is 5.92. The first kappa shape index (κ1) is 15.7. The number of hydrazone groups is 1. The van der Waals surface area contributed by atoms with E-state index in [9.17, 15) is 9.18 Å². The molecule has 0 fully saturated rings. The molecule has 1 amide bonds. The lowest BCUT2D eigenvalue weighted by Gasteiger charge is -2.10.